The average molecular weight is 361 g/mol. The second-order valence-corrected chi connectivity index (χ2v) is 7.74. The second-order valence-electron chi connectivity index (χ2n) is 7.74. The van der Waals surface area contributed by atoms with E-state index in [1.54, 1.807) is 38.1 Å². The topological polar surface area (TPSA) is 100 Å². The van der Waals surface area contributed by atoms with Crippen LogP contribution in [0.5, 0.6) is 0 Å². The van der Waals surface area contributed by atoms with Crippen molar-refractivity contribution in [3.05, 3.63) is 36.2 Å². The quantitative estimate of drug-likeness (QED) is 0.717. The largest absolute Gasteiger partial charge is 0.359 e. The normalized spacial score (nSPS) is 34.4. The Bertz CT molecular complexity index is 1120. The van der Waals surface area contributed by atoms with Gasteiger partial charge in [0.2, 0.25) is 11.8 Å². The smallest absolute Gasteiger partial charge is 0.241 e. The van der Waals surface area contributed by atoms with Crippen LogP contribution in [0.15, 0.2) is 30.5 Å². The lowest BCUT2D eigenvalue weighted by Gasteiger charge is -2.26. The number of imide groups is 1. The van der Waals surface area contributed by atoms with Crippen molar-refractivity contribution in [3.63, 3.8) is 0 Å². The van der Waals surface area contributed by atoms with Gasteiger partial charge < -0.3 is 4.74 Å². The molecule has 2 amide bonds. The number of carbonyl (C=O) groups excluding carboxylic acids is 3. The maximum Gasteiger partial charge on any atom is 0.241 e. The summed E-state index contributed by atoms with van der Waals surface area (Å²) in [7, 11) is 0. The van der Waals surface area contributed by atoms with Gasteiger partial charge in [0.15, 0.2) is 5.78 Å². The molecule has 2 unspecified atom stereocenters. The van der Waals surface area contributed by atoms with E-state index in [9.17, 15) is 19.6 Å². The van der Waals surface area contributed by atoms with Crippen LogP contribution in [0.1, 0.15) is 26.0 Å². The molecule has 0 radical (unpaired) electrons. The fraction of sp³-hybridized carbons (Fsp3) is 0.350. The van der Waals surface area contributed by atoms with E-state index >= 15 is 0 Å². The van der Waals surface area contributed by atoms with E-state index in [0.29, 0.717) is 16.5 Å². The summed E-state index contributed by atoms with van der Waals surface area (Å²) < 4.78 is 5.90. The molecule has 27 heavy (non-hydrogen) atoms. The Morgan fingerprint density at radius 3 is 2.52 bits per heavy atom. The van der Waals surface area contributed by atoms with Crippen molar-refractivity contribution in [2.75, 3.05) is 4.90 Å². The highest BCUT2D eigenvalue weighted by atomic mass is 16.5. The summed E-state index contributed by atoms with van der Waals surface area (Å²) in [6.07, 6.45) is 1.51. The van der Waals surface area contributed by atoms with Crippen LogP contribution in [0, 0.1) is 23.2 Å². The van der Waals surface area contributed by atoms with Crippen molar-refractivity contribution in [2.45, 2.75) is 31.5 Å². The van der Waals surface area contributed by atoms with Crippen LogP contribution in [-0.4, -0.2) is 33.8 Å². The fourth-order valence-corrected chi connectivity index (χ4v) is 5.00. The summed E-state index contributed by atoms with van der Waals surface area (Å²) in [6, 6.07) is 9.06. The lowest BCUT2D eigenvalue weighted by atomic mass is 9.68. The average Bonchev–Trinajstić information content (AvgIpc) is 3.15. The lowest BCUT2D eigenvalue weighted by molar-refractivity contribution is -0.139. The van der Waals surface area contributed by atoms with Gasteiger partial charge in [0.1, 0.15) is 17.4 Å². The van der Waals surface area contributed by atoms with Gasteiger partial charge in [0.25, 0.3) is 0 Å². The number of anilines is 1. The number of pyridine rings is 1. The van der Waals surface area contributed by atoms with Gasteiger partial charge in [-0.25, -0.2) is 9.88 Å². The Kier molecular flexibility index (Phi) is 2.85. The van der Waals surface area contributed by atoms with Gasteiger partial charge in [-0.3, -0.25) is 14.4 Å². The van der Waals surface area contributed by atoms with Crippen molar-refractivity contribution in [1.29, 1.82) is 5.26 Å². The SMILES string of the molecule is CC12CC(=O)C(C)(O1)[C@H]1C(=O)N(c3cnc(C#N)c4ccccc34)C(=O)[C@H]12. The van der Waals surface area contributed by atoms with Gasteiger partial charge in [-0.05, 0) is 13.8 Å². The van der Waals surface area contributed by atoms with Crippen molar-refractivity contribution in [3.8, 4) is 6.07 Å². The number of hydrogen-bond donors (Lipinski definition) is 0. The number of aromatic nitrogens is 1. The number of nitrogens with zero attached hydrogens (tertiary/aromatic N) is 3. The number of rotatable bonds is 1. The number of fused-ring (bicyclic) bond motifs is 6. The predicted octanol–water partition coefficient (Wildman–Crippen LogP) is 1.73. The number of Topliss-reactive ketones (excluding diaryl/α,β-unsaturated/α-hetero) is 1. The molecule has 3 aliphatic heterocycles. The number of carbonyl (C=O) groups is 3. The van der Waals surface area contributed by atoms with Crippen LogP contribution in [0.25, 0.3) is 10.8 Å². The summed E-state index contributed by atoms with van der Waals surface area (Å²) >= 11 is 0. The van der Waals surface area contributed by atoms with E-state index in [1.165, 1.54) is 6.20 Å². The third kappa shape index (κ3) is 1.73. The van der Waals surface area contributed by atoms with Crippen molar-refractivity contribution in [1.82, 2.24) is 4.98 Å². The summed E-state index contributed by atoms with van der Waals surface area (Å²) in [4.78, 5) is 44.2. The molecule has 4 atom stereocenters. The molecule has 1 aromatic carbocycles. The minimum absolute atomic E-state index is 0.129. The number of ketones is 1. The standard InChI is InChI=1S/C20H15N3O4/c1-19-7-14(24)20(2,27-19)16-15(19)17(25)23(18(16)26)13-9-22-12(8-21)10-5-3-4-6-11(10)13/h3-6,9,15-16H,7H2,1-2H3/t15-,16+,19?,20?/m0/s1. The van der Waals surface area contributed by atoms with E-state index < -0.39 is 28.9 Å². The molecule has 7 nitrogen and oxygen atoms in total. The summed E-state index contributed by atoms with van der Waals surface area (Å²) in [5, 5.41) is 10.5. The first-order valence-corrected chi connectivity index (χ1v) is 8.71. The monoisotopic (exact) mass is 361 g/mol. The zero-order valence-corrected chi connectivity index (χ0v) is 14.7. The lowest BCUT2D eigenvalue weighted by Crippen LogP contribution is -2.46. The Labute approximate surface area is 154 Å². The third-order valence-corrected chi connectivity index (χ3v) is 6.19. The molecule has 134 valence electrons. The molecule has 2 bridgehead atoms. The van der Waals surface area contributed by atoms with E-state index in [0.717, 1.165) is 4.90 Å². The van der Waals surface area contributed by atoms with Crippen molar-refractivity contribution >= 4 is 34.1 Å². The number of ether oxygens (including phenoxy) is 1. The van der Waals surface area contributed by atoms with Crippen LogP contribution in [-0.2, 0) is 19.1 Å². The minimum Gasteiger partial charge on any atom is -0.359 e. The van der Waals surface area contributed by atoms with Gasteiger partial charge in [-0.1, -0.05) is 24.3 Å². The Hall–Kier alpha value is -3.11. The molecule has 2 aromatic rings. The highest BCUT2D eigenvalue weighted by Crippen LogP contribution is 2.59. The third-order valence-electron chi connectivity index (χ3n) is 6.19. The van der Waals surface area contributed by atoms with Gasteiger partial charge in [0.05, 0.1) is 29.3 Å². The van der Waals surface area contributed by atoms with Crippen molar-refractivity contribution < 1.29 is 19.1 Å². The van der Waals surface area contributed by atoms with E-state index in [4.69, 9.17) is 4.74 Å². The number of hydrogen-bond acceptors (Lipinski definition) is 6. The summed E-state index contributed by atoms with van der Waals surface area (Å²) in [6.45, 7) is 3.33. The van der Waals surface area contributed by atoms with Crippen LogP contribution in [0.2, 0.25) is 0 Å². The first-order valence-electron chi connectivity index (χ1n) is 8.71. The van der Waals surface area contributed by atoms with Gasteiger partial charge in [-0.15, -0.1) is 0 Å². The zero-order chi connectivity index (χ0) is 19.1. The first-order chi connectivity index (χ1) is 12.8. The van der Waals surface area contributed by atoms with Gasteiger partial charge >= 0.3 is 0 Å². The predicted molar refractivity (Wildman–Crippen MR) is 93.5 cm³/mol. The number of benzene rings is 1. The van der Waals surface area contributed by atoms with Gasteiger partial charge in [0, 0.05) is 17.2 Å². The van der Waals surface area contributed by atoms with Crippen LogP contribution in [0.4, 0.5) is 5.69 Å². The molecular weight excluding hydrogens is 346 g/mol. The summed E-state index contributed by atoms with van der Waals surface area (Å²) in [5.41, 5.74) is -1.66. The van der Waals surface area contributed by atoms with Crippen molar-refractivity contribution in [2.24, 2.45) is 11.8 Å². The Morgan fingerprint density at radius 1 is 1.15 bits per heavy atom. The molecule has 0 saturated carbocycles. The molecule has 3 saturated heterocycles. The molecule has 3 aliphatic rings. The van der Waals surface area contributed by atoms with Gasteiger partial charge in [-0.2, -0.15) is 5.26 Å². The molecule has 0 aliphatic carbocycles. The Morgan fingerprint density at radius 2 is 1.81 bits per heavy atom. The van der Waals surface area contributed by atoms with Crippen LogP contribution < -0.4 is 4.90 Å². The van der Waals surface area contributed by atoms with E-state index in [1.807, 2.05) is 6.07 Å². The molecular formula is C20H15N3O4. The molecule has 0 N–H and O–H groups in total. The van der Waals surface area contributed by atoms with E-state index in [2.05, 4.69) is 4.98 Å². The molecule has 0 spiro atoms. The Balaban J connectivity index is 1.71. The van der Waals surface area contributed by atoms with Crippen LogP contribution >= 0.6 is 0 Å². The fourth-order valence-electron chi connectivity index (χ4n) is 5.00. The molecule has 3 fully saturated rings. The summed E-state index contributed by atoms with van der Waals surface area (Å²) in [5.74, 6) is -2.48. The molecule has 4 heterocycles. The first kappa shape index (κ1) is 16.1. The number of amides is 2. The van der Waals surface area contributed by atoms with Crippen LogP contribution in [0.3, 0.4) is 0 Å². The zero-order valence-electron chi connectivity index (χ0n) is 14.7. The maximum absolute atomic E-state index is 13.3. The molecule has 1 aromatic heterocycles. The highest BCUT2D eigenvalue weighted by Gasteiger charge is 2.76. The maximum atomic E-state index is 13.3. The minimum atomic E-state index is -1.27. The molecule has 7 heteroatoms. The number of nitriles is 1. The second kappa shape index (κ2) is 4.78. The highest BCUT2D eigenvalue weighted by molar-refractivity contribution is 6.27. The van der Waals surface area contributed by atoms with E-state index in [-0.39, 0.29) is 23.8 Å². The molecule has 5 rings (SSSR count).